The molecule has 5 nitrogen and oxygen atoms in total. The lowest BCUT2D eigenvalue weighted by atomic mass is 10.1. The number of hydrogen-bond acceptors (Lipinski definition) is 5. The third-order valence-electron chi connectivity index (χ3n) is 3.85. The molecule has 134 valence electrons. The minimum Gasteiger partial charge on any atom is -0.495 e. The van der Waals surface area contributed by atoms with Gasteiger partial charge in [-0.05, 0) is 42.7 Å². The second-order valence-corrected chi connectivity index (χ2v) is 6.19. The average Bonchev–Trinajstić information content (AvgIpc) is 2.67. The van der Waals surface area contributed by atoms with Crippen LogP contribution in [0.3, 0.4) is 0 Å². The number of hydrogen-bond donors (Lipinski definition) is 2. The third kappa shape index (κ3) is 5.10. The number of halogens is 1. The Morgan fingerprint density at radius 1 is 1.08 bits per heavy atom. The maximum atomic E-state index is 6.07. The number of nitrogens with zero attached hydrogens (tertiary/aromatic N) is 2. The van der Waals surface area contributed by atoms with Gasteiger partial charge < -0.3 is 15.4 Å². The summed E-state index contributed by atoms with van der Waals surface area (Å²) in [4.78, 5) is 8.75. The predicted molar refractivity (Wildman–Crippen MR) is 107 cm³/mol. The van der Waals surface area contributed by atoms with Crippen LogP contribution in [0.25, 0.3) is 0 Å². The Hall–Kier alpha value is -2.79. The fourth-order valence-corrected chi connectivity index (χ4v) is 2.74. The van der Waals surface area contributed by atoms with E-state index in [2.05, 4.69) is 44.9 Å². The highest BCUT2D eigenvalue weighted by molar-refractivity contribution is 6.31. The second-order valence-electron chi connectivity index (χ2n) is 5.75. The van der Waals surface area contributed by atoms with Gasteiger partial charge in [0.15, 0.2) is 0 Å². The lowest BCUT2D eigenvalue weighted by Gasteiger charge is -2.12. The van der Waals surface area contributed by atoms with E-state index in [1.807, 2.05) is 12.1 Å². The molecule has 26 heavy (non-hydrogen) atoms. The fourth-order valence-electron chi connectivity index (χ4n) is 2.57. The van der Waals surface area contributed by atoms with E-state index in [4.69, 9.17) is 16.3 Å². The summed E-state index contributed by atoms with van der Waals surface area (Å²) >= 11 is 6.07. The summed E-state index contributed by atoms with van der Waals surface area (Å²) in [6.07, 6.45) is 3.74. The topological polar surface area (TPSA) is 59.1 Å². The first-order valence-corrected chi connectivity index (χ1v) is 8.84. The van der Waals surface area contributed by atoms with Gasteiger partial charge in [-0.2, -0.15) is 4.98 Å². The quantitative estimate of drug-likeness (QED) is 0.552. The molecule has 0 unspecified atom stereocenters. The first-order chi connectivity index (χ1) is 12.7. The third-order valence-corrected chi connectivity index (χ3v) is 4.08. The number of aryl methyl sites for hydroxylation is 1. The summed E-state index contributed by atoms with van der Waals surface area (Å²) in [7, 11) is 1.62. The van der Waals surface area contributed by atoms with Crippen molar-refractivity contribution in [3.05, 3.63) is 71.4 Å². The number of rotatable bonds is 8. The van der Waals surface area contributed by atoms with Crippen molar-refractivity contribution in [3.63, 3.8) is 0 Å². The van der Waals surface area contributed by atoms with Crippen molar-refractivity contribution in [1.29, 1.82) is 0 Å². The molecular formula is C20H21ClN4O. The van der Waals surface area contributed by atoms with E-state index in [9.17, 15) is 0 Å². The van der Waals surface area contributed by atoms with Crippen molar-refractivity contribution < 1.29 is 4.74 Å². The molecule has 1 heterocycles. The van der Waals surface area contributed by atoms with Crippen LogP contribution in [0, 0.1) is 0 Å². The van der Waals surface area contributed by atoms with Gasteiger partial charge in [-0.15, -0.1) is 0 Å². The Kier molecular flexibility index (Phi) is 6.28. The summed E-state index contributed by atoms with van der Waals surface area (Å²) in [5.41, 5.74) is 2.09. The molecule has 0 fully saturated rings. The van der Waals surface area contributed by atoms with Crippen LogP contribution in [0.4, 0.5) is 17.5 Å². The van der Waals surface area contributed by atoms with Crippen molar-refractivity contribution in [1.82, 2.24) is 9.97 Å². The zero-order valence-corrected chi connectivity index (χ0v) is 15.3. The average molecular weight is 369 g/mol. The second kappa shape index (κ2) is 9.06. The summed E-state index contributed by atoms with van der Waals surface area (Å²) in [5.74, 6) is 1.96. The lowest BCUT2D eigenvalue weighted by molar-refractivity contribution is 0.417. The smallest absolute Gasteiger partial charge is 0.224 e. The minimum absolute atomic E-state index is 0.587. The SMILES string of the molecule is COc1ccc(Cl)cc1Nc1ccnc(NCCCc2ccccc2)n1. The zero-order chi connectivity index (χ0) is 18.2. The van der Waals surface area contributed by atoms with Gasteiger partial charge in [-0.3, -0.25) is 0 Å². The van der Waals surface area contributed by atoms with E-state index in [0.717, 1.165) is 25.1 Å². The molecule has 0 bridgehead atoms. The molecule has 0 radical (unpaired) electrons. The summed E-state index contributed by atoms with van der Waals surface area (Å²) in [5, 5.41) is 7.11. The Balaban J connectivity index is 1.57. The molecular weight excluding hydrogens is 348 g/mol. The maximum absolute atomic E-state index is 6.07. The molecule has 0 spiro atoms. The molecule has 3 aromatic rings. The van der Waals surface area contributed by atoms with Gasteiger partial charge in [-0.1, -0.05) is 41.9 Å². The first kappa shape index (κ1) is 18.0. The highest BCUT2D eigenvalue weighted by Gasteiger charge is 2.06. The van der Waals surface area contributed by atoms with Crippen LogP contribution in [-0.4, -0.2) is 23.6 Å². The zero-order valence-electron chi connectivity index (χ0n) is 14.6. The molecule has 0 aliphatic heterocycles. The Bertz CT molecular complexity index is 842. The number of benzene rings is 2. The van der Waals surface area contributed by atoms with Gasteiger partial charge >= 0.3 is 0 Å². The van der Waals surface area contributed by atoms with Crippen LogP contribution in [-0.2, 0) is 6.42 Å². The van der Waals surface area contributed by atoms with Crippen LogP contribution < -0.4 is 15.4 Å². The molecule has 0 aliphatic rings. The largest absolute Gasteiger partial charge is 0.495 e. The van der Waals surface area contributed by atoms with Crippen LogP contribution in [0.5, 0.6) is 5.75 Å². The van der Waals surface area contributed by atoms with Crippen molar-refractivity contribution in [2.24, 2.45) is 0 Å². The van der Waals surface area contributed by atoms with Crippen LogP contribution in [0.15, 0.2) is 60.8 Å². The highest BCUT2D eigenvalue weighted by atomic mass is 35.5. The molecule has 2 N–H and O–H groups in total. The van der Waals surface area contributed by atoms with Crippen molar-refractivity contribution in [2.75, 3.05) is 24.3 Å². The Morgan fingerprint density at radius 3 is 2.73 bits per heavy atom. The summed E-state index contributed by atoms with van der Waals surface area (Å²) in [6.45, 7) is 0.804. The van der Waals surface area contributed by atoms with E-state index in [0.29, 0.717) is 22.5 Å². The van der Waals surface area contributed by atoms with E-state index in [1.165, 1.54) is 5.56 Å². The summed E-state index contributed by atoms with van der Waals surface area (Å²) < 4.78 is 5.34. The first-order valence-electron chi connectivity index (χ1n) is 8.46. The van der Waals surface area contributed by atoms with Gasteiger partial charge in [0.1, 0.15) is 11.6 Å². The maximum Gasteiger partial charge on any atom is 0.224 e. The molecule has 0 amide bonds. The normalized spacial score (nSPS) is 10.4. The highest BCUT2D eigenvalue weighted by Crippen LogP contribution is 2.29. The van der Waals surface area contributed by atoms with E-state index < -0.39 is 0 Å². The van der Waals surface area contributed by atoms with Gasteiger partial charge in [0.2, 0.25) is 5.95 Å². The molecule has 6 heteroatoms. The molecule has 0 saturated heterocycles. The predicted octanol–water partition coefficient (Wildman–Crippen LogP) is 4.93. The van der Waals surface area contributed by atoms with E-state index >= 15 is 0 Å². The van der Waals surface area contributed by atoms with E-state index in [1.54, 1.807) is 31.5 Å². The van der Waals surface area contributed by atoms with Crippen molar-refractivity contribution in [2.45, 2.75) is 12.8 Å². The Labute approximate surface area is 158 Å². The standard InChI is InChI=1S/C20H21ClN4O/c1-26-18-10-9-16(21)14-17(18)24-19-11-13-23-20(25-19)22-12-5-8-15-6-3-2-4-7-15/h2-4,6-7,9-11,13-14H,5,8,12H2,1H3,(H2,22,23,24,25). The number of anilines is 3. The van der Waals surface area contributed by atoms with Gasteiger partial charge in [0.05, 0.1) is 12.8 Å². The molecule has 0 saturated carbocycles. The van der Waals surface area contributed by atoms with Gasteiger partial charge in [0, 0.05) is 17.8 Å². The molecule has 0 atom stereocenters. The Morgan fingerprint density at radius 2 is 1.92 bits per heavy atom. The van der Waals surface area contributed by atoms with Gasteiger partial charge in [0.25, 0.3) is 0 Å². The fraction of sp³-hybridized carbons (Fsp3) is 0.200. The van der Waals surface area contributed by atoms with Gasteiger partial charge in [-0.25, -0.2) is 4.98 Å². The number of aromatic nitrogens is 2. The van der Waals surface area contributed by atoms with Crippen LogP contribution in [0.2, 0.25) is 5.02 Å². The number of ether oxygens (including phenoxy) is 1. The summed E-state index contributed by atoms with van der Waals surface area (Å²) in [6, 6.07) is 17.6. The van der Waals surface area contributed by atoms with Crippen LogP contribution >= 0.6 is 11.6 Å². The van der Waals surface area contributed by atoms with Crippen LogP contribution in [0.1, 0.15) is 12.0 Å². The van der Waals surface area contributed by atoms with Crippen molar-refractivity contribution in [3.8, 4) is 5.75 Å². The lowest BCUT2D eigenvalue weighted by Crippen LogP contribution is -2.07. The molecule has 1 aromatic heterocycles. The number of methoxy groups -OCH3 is 1. The minimum atomic E-state index is 0.587. The van der Waals surface area contributed by atoms with Crippen molar-refractivity contribution >= 4 is 29.1 Å². The molecule has 2 aromatic carbocycles. The van der Waals surface area contributed by atoms with E-state index in [-0.39, 0.29) is 0 Å². The molecule has 0 aliphatic carbocycles. The molecule has 3 rings (SSSR count). The monoisotopic (exact) mass is 368 g/mol. The number of nitrogens with one attached hydrogen (secondary N) is 2.